The summed E-state index contributed by atoms with van der Waals surface area (Å²) in [5.41, 5.74) is 2.94. The molecule has 1 rings (SSSR count). The summed E-state index contributed by atoms with van der Waals surface area (Å²) in [6, 6.07) is 2.59. The van der Waals surface area contributed by atoms with E-state index in [1.54, 1.807) is 0 Å². The van der Waals surface area contributed by atoms with Crippen LogP contribution >= 0.6 is 0 Å². The first kappa shape index (κ1) is 9.46. The van der Waals surface area contributed by atoms with Crippen molar-refractivity contribution in [2.45, 2.75) is 31.8 Å². The maximum Gasteiger partial charge on any atom is 0.0954 e. The van der Waals surface area contributed by atoms with Gasteiger partial charge in [-0.2, -0.15) is 10.7 Å². The van der Waals surface area contributed by atoms with Crippen molar-refractivity contribution < 1.29 is 4.84 Å². The summed E-state index contributed by atoms with van der Waals surface area (Å²) in [5, 5.41) is 11.7. The molecule has 68 valence electrons. The summed E-state index contributed by atoms with van der Waals surface area (Å²) < 4.78 is 0. The van der Waals surface area contributed by atoms with Crippen molar-refractivity contribution in [2.24, 2.45) is 0 Å². The number of hydrogen-bond acceptors (Lipinski definition) is 4. The first-order chi connectivity index (χ1) is 5.86. The summed E-state index contributed by atoms with van der Waals surface area (Å²) in [4.78, 5) is 5.07. The van der Waals surface area contributed by atoms with E-state index in [2.05, 4.69) is 16.9 Å². The molecule has 4 nitrogen and oxygen atoms in total. The zero-order valence-electron chi connectivity index (χ0n) is 7.34. The number of nitrogens with one attached hydrogen (secondary N) is 2. The molecule has 1 heterocycles. The predicted octanol–water partition coefficient (Wildman–Crippen LogP) is 0.172. The molecule has 1 saturated heterocycles. The lowest BCUT2D eigenvalue weighted by atomic mass is 10.0. The monoisotopic (exact) mass is 169 g/mol. The van der Waals surface area contributed by atoms with Crippen molar-refractivity contribution in [3.8, 4) is 6.07 Å². The second kappa shape index (κ2) is 5.09. The Balaban J connectivity index is 2.14. The maximum atomic E-state index is 8.59. The third-order valence-corrected chi connectivity index (χ3v) is 1.96. The Labute approximate surface area is 72.8 Å². The van der Waals surface area contributed by atoms with Crippen molar-refractivity contribution in [1.29, 1.82) is 5.26 Å². The molecular formula is C8H15N3O. The second-order valence-corrected chi connectivity index (χ2v) is 2.92. The molecule has 1 aliphatic heterocycles. The van der Waals surface area contributed by atoms with E-state index in [1.807, 2.05) is 6.92 Å². The molecule has 2 atom stereocenters. The van der Waals surface area contributed by atoms with Gasteiger partial charge >= 0.3 is 0 Å². The molecular weight excluding hydrogens is 154 g/mol. The van der Waals surface area contributed by atoms with Gasteiger partial charge in [0.05, 0.1) is 18.7 Å². The van der Waals surface area contributed by atoms with Crippen LogP contribution in [-0.2, 0) is 4.84 Å². The Hall–Kier alpha value is -0.630. The fourth-order valence-corrected chi connectivity index (χ4v) is 1.27. The lowest BCUT2D eigenvalue weighted by molar-refractivity contribution is 0.0172. The third kappa shape index (κ3) is 2.78. The molecule has 1 fully saturated rings. The standard InChI is InChI=1S/C8H15N3O/c1-2-12-11-8-4-3-7(5-9)10-6-8/h7-8,10-11H,2-4,6H2,1H3/t7-,8+/m0/s1. The molecule has 0 spiro atoms. The van der Waals surface area contributed by atoms with Gasteiger partial charge in [0.2, 0.25) is 0 Å². The summed E-state index contributed by atoms with van der Waals surface area (Å²) in [7, 11) is 0. The Bertz CT molecular complexity index is 158. The van der Waals surface area contributed by atoms with Gasteiger partial charge in [0.1, 0.15) is 0 Å². The minimum atomic E-state index is 0.0321. The van der Waals surface area contributed by atoms with Crippen LogP contribution in [0.3, 0.4) is 0 Å². The van der Waals surface area contributed by atoms with Gasteiger partial charge in [-0.1, -0.05) is 0 Å². The van der Waals surface area contributed by atoms with E-state index in [1.165, 1.54) is 0 Å². The summed E-state index contributed by atoms with van der Waals surface area (Å²) >= 11 is 0. The van der Waals surface area contributed by atoms with E-state index in [4.69, 9.17) is 10.1 Å². The highest BCUT2D eigenvalue weighted by molar-refractivity contribution is 4.94. The van der Waals surface area contributed by atoms with Gasteiger partial charge in [0, 0.05) is 12.6 Å². The highest BCUT2D eigenvalue weighted by Gasteiger charge is 2.19. The number of nitrogens with zero attached hydrogens (tertiary/aromatic N) is 1. The minimum absolute atomic E-state index is 0.0321. The topological polar surface area (TPSA) is 57.1 Å². The van der Waals surface area contributed by atoms with E-state index in [-0.39, 0.29) is 6.04 Å². The number of piperidine rings is 1. The zero-order valence-corrected chi connectivity index (χ0v) is 7.34. The van der Waals surface area contributed by atoms with Crippen molar-refractivity contribution in [1.82, 2.24) is 10.8 Å². The molecule has 1 aliphatic rings. The molecule has 4 heteroatoms. The number of nitriles is 1. The third-order valence-electron chi connectivity index (χ3n) is 1.96. The van der Waals surface area contributed by atoms with Crippen LogP contribution in [0.25, 0.3) is 0 Å². The van der Waals surface area contributed by atoms with Crippen LogP contribution < -0.4 is 10.8 Å². The van der Waals surface area contributed by atoms with Gasteiger partial charge < -0.3 is 10.2 Å². The molecule has 0 amide bonds. The molecule has 0 unspecified atom stereocenters. The molecule has 0 saturated carbocycles. The first-order valence-electron chi connectivity index (χ1n) is 4.37. The smallest absolute Gasteiger partial charge is 0.0954 e. The molecule has 2 N–H and O–H groups in total. The normalized spacial score (nSPS) is 29.7. The molecule has 0 aromatic heterocycles. The van der Waals surface area contributed by atoms with Gasteiger partial charge in [-0.25, -0.2) is 0 Å². The van der Waals surface area contributed by atoms with Crippen LogP contribution in [0, 0.1) is 11.3 Å². The summed E-state index contributed by atoms with van der Waals surface area (Å²) in [6.45, 7) is 3.44. The SMILES string of the molecule is CCON[C@@H]1CC[C@@H](C#N)NC1. The van der Waals surface area contributed by atoms with E-state index in [0.29, 0.717) is 12.6 Å². The highest BCUT2D eigenvalue weighted by Crippen LogP contribution is 2.06. The van der Waals surface area contributed by atoms with Crippen LogP contribution in [-0.4, -0.2) is 25.2 Å². The van der Waals surface area contributed by atoms with E-state index >= 15 is 0 Å². The van der Waals surface area contributed by atoms with Gasteiger partial charge in [-0.3, -0.25) is 0 Å². The van der Waals surface area contributed by atoms with Gasteiger partial charge in [-0.15, -0.1) is 0 Å². The van der Waals surface area contributed by atoms with Crippen LogP contribution in [0.5, 0.6) is 0 Å². The Morgan fingerprint density at radius 2 is 2.50 bits per heavy atom. The Morgan fingerprint density at radius 3 is 3.00 bits per heavy atom. The molecule has 0 aromatic carbocycles. The van der Waals surface area contributed by atoms with E-state index in [9.17, 15) is 0 Å². The number of hydrogen-bond donors (Lipinski definition) is 2. The van der Waals surface area contributed by atoms with Crippen molar-refractivity contribution >= 4 is 0 Å². The van der Waals surface area contributed by atoms with Crippen molar-refractivity contribution in [3.05, 3.63) is 0 Å². The largest absolute Gasteiger partial charge is 0.302 e. The van der Waals surface area contributed by atoms with Crippen molar-refractivity contribution in [3.63, 3.8) is 0 Å². The number of hydroxylamine groups is 1. The zero-order chi connectivity index (χ0) is 8.81. The lowest BCUT2D eigenvalue weighted by Crippen LogP contribution is -2.47. The van der Waals surface area contributed by atoms with Gasteiger partial charge in [0.15, 0.2) is 0 Å². The quantitative estimate of drug-likeness (QED) is 0.591. The van der Waals surface area contributed by atoms with Crippen LogP contribution in [0.1, 0.15) is 19.8 Å². The predicted molar refractivity (Wildman–Crippen MR) is 45.2 cm³/mol. The van der Waals surface area contributed by atoms with Gasteiger partial charge in [0.25, 0.3) is 0 Å². The molecule has 12 heavy (non-hydrogen) atoms. The molecule has 0 aromatic rings. The lowest BCUT2D eigenvalue weighted by Gasteiger charge is -2.26. The van der Waals surface area contributed by atoms with Gasteiger partial charge in [-0.05, 0) is 19.8 Å². The Kier molecular flexibility index (Phi) is 4.01. The fraction of sp³-hybridized carbons (Fsp3) is 0.875. The fourth-order valence-electron chi connectivity index (χ4n) is 1.27. The first-order valence-corrected chi connectivity index (χ1v) is 4.37. The molecule has 0 aliphatic carbocycles. The van der Waals surface area contributed by atoms with E-state index in [0.717, 1.165) is 19.4 Å². The minimum Gasteiger partial charge on any atom is -0.302 e. The molecule has 0 radical (unpaired) electrons. The van der Waals surface area contributed by atoms with Crippen LogP contribution in [0.4, 0.5) is 0 Å². The van der Waals surface area contributed by atoms with Crippen molar-refractivity contribution in [2.75, 3.05) is 13.2 Å². The summed E-state index contributed by atoms with van der Waals surface area (Å²) in [6.07, 6.45) is 1.91. The Morgan fingerprint density at radius 1 is 1.67 bits per heavy atom. The maximum absolute atomic E-state index is 8.59. The average molecular weight is 169 g/mol. The van der Waals surface area contributed by atoms with Crippen LogP contribution in [0.15, 0.2) is 0 Å². The van der Waals surface area contributed by atoms with Crippen LogP contribution in [0.2, 0.25) is 0 Å². The van der Waals surface area contributed by atoms with E-state index < -0.39 is 0 Å². The second-order valence-electron chi connectivity index (χ2n) is 2.92. The summed E-state index contributed by atoms with van der Waals surface area (Å²) in [5.74, 6) is 0. The average Bonchev–Trinajstić information content (AvgIpc) is 2.15. The number of rotatable bonds is 3. The highest BCUT2D eigenvalue weighted by atomic mass is 16.6. The molecule has 0 bridgehead atoms.